The minimum absolute atomic E-state index is 0.155. The summed E-state index contributed by atoms with van der Waals surface area (Å²) in [6.07, 6.45) is -3.60. The maximum Gasteiger partial charge on any atom is 0.417 e. The van der Waals surface area contributed by atoms with Gasteiger partial charge >= 0.3 is 6.18 Å². The second-order valence-electron chi connectivity index (χ2n) is 5.43. The zero-order chi connectivity index (χ0) is 17.5. The minimum Gasteiger partial charge on any atom is -0.207 e. The molecule has 24 heavy (non-hydrogen) atoms. The lowest BCUT2D eigenvalue weighted by molar-refractivity contribution is -0.139. The van der Waals surface area contributed by atoms with Crippen molar-refractivity contribution in [3.8, 4) is 0 Å². The Morgan fingerprint density at radius 1 is 1.25 bits per heavy atom. The van der Waals surface area contributed by atoms with E-state index in [1.54, 1.807) is 12.1 Å². The number of benzene rings is 1. The lowest BCUT2D eigenvalue weighted by Gasteiger charge is -2.25. The Kier molecular flexibility index (Phi) is 4.67. The molecule has 1 fully saturated rings. The topological polar surface area (TPSA) is 37.4 Å². The first kappa shape index (κ1) is 17.7. The van der Waals surface area contributed by atoms with E-state index in [9.17, 15) is 21.6 Å². The van der Waals surface area contributed by atoms with E-state index in [-0.39, 0.29) is 11.6 Å². The summed E-state index contributed by atoms with van der Waals surface area (Å²) in [6.45, 7) is 0.199. The highest BCUT2D eigenvalue weighted by Crippen LogP contribution is 2.42. The highest BCUT2D eigenvalue weighted by atomic mass is 35.5. The van der Waals surface area contributed by atoms with E-state index in [4.69, 9.17) is 11.6 Å². The van der Waals surface area contributed by atoms with Crippen LogP contribution in [0.5, 0.6) is 0 Å². The van der Waals surface area contributed by atoms with Crippen molar-refractivity contribution >= 4 is 33.0 Å². The van der Waals surface area contributed by atoms with E-state index in [0.717, 1.165) is 15.2 Å². The molecule has 1 atom stereocenters. The molecule has 2 aromatic rings. The number of hydrogen-bond acceptors (Lipinski definition) is 3. The second-order valence-corrected chi connectivity index (χ2v) is 8.70. The molecule has 3 nitrogen and oxygen atoms in total. The molecule has 0 unspecified atom stereocenters. The van der Waals surface area contributed by atoms with Gasteiger partial charge in [-0.2, -0.15) is 17.5 Å². The Morgan fingerprint density at radius 3 is 2.62 bits per heavy atom. The summed E-state index contributed by atoms with van der Waals surface area (Å²) in [5.41, 5.74) is -1.23. The normalized spacial score (nSPS) is 19.8. The molecule has 0 radical (unpaired) electrons. The maximum absolute atomic E-state index is 13.3. The molecule has 0 N–H and O–H groups in total. The summed E-state index contributed by atoms with van der Waals surface area (Å²) in [6, 6.07) is 5.93. The van der Waals surface area contributed by atoms with E-state index in [2.05, 4.69) is 0 Å². The molecule has 1 aromatic carbocycles. The average Bonchev–Trinajstić information content (AvgIpc) is 3.17. The summed E-state index contributed by atoms with van der Waals surface area (Å²) in [4.78, 5) is 0.0847. The van der Waals surface area contributed by atoms with Gasteiger partial charge in [0.2, 0.25) is 10.0 Å². The monoisotopic (exact) mass is 395 g/mol. The molecule has 1 saturated heterocycles. The van der Waals surface area contributed by atoms with Crippen molar-refractivity contribution < 1.29 is 21.6 Å². The van der Waals surface area contributed by atoms with Crippen LogP contribution < -0.4 is 0 Å². The largest absolute Gasteiger partial charge is 0.417 e. The fourth-order valence-corrected chi connectivity index (χ4v) is 5.85. The van der Waals surface area contributed by atoms with E-state index >= 15 is 0 Å². The molecule has 1 aromatic heterocycles. The van der Waals surface area contributed by atoms with Crippen molar-refractivity contribution in [2.45, 2.75) is 30.0 Å². The van der Waals surface area contributed by atoms with Crippen molar-refractivity contribution in [3.05, 3.63) is 51.2 Å². The number of rotatable bonds is 3. The van der Waals surface area contributed by atoms with Crippen LogP contribution in [0.2, 0.25) is 5.02 Å². The third kappa shape index (κ3) is 3.20. The summed E-state index contributed by atoms with van der Waals surface area (Å²) in [5.74, 6) is 0. The van der Waals surface area contributed by atoms with Crippen LogP contribution in [0, 0.1) is 0 Å². The maximum atomic E-state index is 13.3. The third-order valence-electron chi connectivity index (χ3n) is 3.91. The van der Waals surface area contributed by atoms with Gasteiger partial charge in [-0.3, -0.25) is 0 Å². The van der Waals surface area contributed by atoms with Gasteiger partial charge in [0.05, 0.1) is 16.5 Å². The first-order valence-electron chi connectivity index (χ1n) is 7.13. The van der Waals surface area contributed by atoms with Crippen molar-refractivity contribution in [3.63, 3.8) is 0 Å². The Balaban J connectivity index is 2.08. The molecular weight excluding hydrogens is 383 g/mol. The standard InChI is InChI=1S/C15H13ClF3NO2S2/c16-10-5-6-14(11(9-10)15(17,18)19)24(21,22)20-7-1-3-12(20)13-4-2-8-23-13/h2,4-6,8-9,12H,1,3,7H2/t12-/m0/s1. The zero-order valence-electron chi connectivity index (χ0n) is 12.3. The Labute approximate surface area is 146 Å². The lowest BCUT2D eigenvalue weighted by Crippen LogP contribution is -2.32. The SMILES string of the molecule is O=S(=O)(c1ccc(Cl)cc1C(F)(F)F)N1CCC[C@H]1c1cccs1. The summed E-state index contributed by atoms with van der Waals surface area (Å²) < 4.78 is 66.8. The fraction of sp³-hybridized carbons (Fsp3) is 0.333. The summed E-state index contributed by atoms with van der Waals surface area (Å²) in [7, 11) is -4.28. The lowest BCUT2D eigenvalue weighted by atomic mass is 10.2. The molecule has 2 heterocycles. The fourth-order valence-electron chi connectivity index (χ4n) is 2.87. The van der Waals surface area contributed by atoms with Crippen LogP contribution in [0.1, 0.15) is 29.3 Å². The molecule has 0 spiro atoms. The van der Waals surface area contributed by atoms with E-state index in [1.807, 2.05) is 5.38 Å². The third-order valence-corrected chi connectivity index (χ3v) is 7.08. The Hall–Kier alpha value is -1.09. The number of hydrogen-bond donors (Lipinski definition) is 0. The molecule has 9 heteroatoms. The van der Waals surface area contributed by atoms with E-state index in [1.165, 1.54) is 17.4 Å². The quantitative estimate of drug-likeness (QED) is 0.737. The second kappa shape index (κ2) is 6.33. The summed E-state index contributed by atoms with van der Waals surface area (Å²) >= 11 is 7.03. The van der Waals surface area contributed by atoms with Crippen molar-refractivity contribution in [2.75, 3.05) is 6.54 Å². The van der Waals surface area contributed by atoms with Gasteiger partial charge in [0.15, 0.2) is 0 Å². The molecule has 130 valence electrons. The van der Waals surface area contributed by atoms with Crippen molar-refractivity contribution in [1.82, 2.24) is 4.31 Å². The van der Waals surface area contributed by atoms with Gasteiger partial charge in [0.1, 0.15) is 0 Å². The number of thiophene rings is 1. The van der Waals surface area contributed by atoms with Crippen molar-refractivity contribution in [2.24, 2.45) is 0 Å². The van der Waals surface area contributed by atoms with Gasteiger partial charge in [-0.05, 0) is 42.5 Å². The predicted octanol–water partition coefficient (Wildman–Crippen LogP) is 4.95. The predicted molar refractivity (Wildman–Crippen MR) is 86.6 cm³/mol. The number of sulfonamides is 1. The van der Waals surface area contributed by atoms with Crippen LogP contribution in [0.4, 0.5) is 13.2 Å². The molecule has 0 amide bonds. The highest BCUT2D eigenvalue weighted by Gasteiger charge is 2.42. The van der Waals surface area contributed by atoms with Crippen LogP contribution in [-0.2, 0) is 16.2 Å². The molecule has 3 rings (SSSR count). The first-order valence-corrected chi connectivity index (χ1v) is 9.83. The van der Waals surface area contributed by atoms with Crippen LogP contribution in [0.25, 0.3) is 0 Å². The van der Waals surface area contributed by atoms with Crippen LogP contribution in [0.3, 0.4) is 0 Å². The van der Waals surface area contributed by atoms with Crippen LogP contribution in [-0.4, -0.2) is 19.3 Å². The molecule has 0 bridgehead atoms. The number of alkyl halides is 3. The van der Waals surface area contributed by atoms with Crippen LogP contribution in [0.15, 0.2) is 40.6 Å². The molecule has 1 aliphatic rings. The zero-order valence-corrected chi connectivity index (χ0v) is 14.6. The van der Waals surface area contributed by atoms with Gasteiger partial charge in [-0.15, -0.1) is 11.3 Å². The molecular formula is C15H13ClF3NO2S2. The Bertz CT molecular complexity index is 835. The van der Waals surface area contributed by atoms with Gasteiger partial charge < -0.3 is 0 Å². The molecule has 0 aliphatic carbocycles. The van der Waals surface area contributed by atoms with Gasteiger partial charge in [-0.1, -0.05) is 17.7 Å². The summed E-state index contributed by atoms with van der Waals surface area (Å²) in [5, 5.41) is 1.67. The molecule has 1 aliphatic heterocycles. The van der Waals surface area contributed by atoms with Gasteiger partial charge in [0.25, 0.3) is 0 Å². The Morgan fingerprint density at radius 2 is 2.00 bits per heavy atom. The number of halogens is 4. The van der Waals surface area contributed by atoms with Gasteiger partial charge in [0, 0.05) is 16.4 Å². The molecule has 0 saturated carbocycles. The minimum atomic E-state index is -4.80. The van der Waals surface area contributed by atoms with Crippen LogP contribution >= 0.6 is 22.9 Å². The first-order chi connectivity index (χ1) is 11.2. The smallest absolute Gasteiger partial charge is 0.207 e. The van der Waals surface area contributed by atoms with Crippen molar-refractivity contribution in [1.29, 1.82) is 0 Å². The van der Waals surface area contributed by atoms with E-state index in [0.29, 0.717) is 18.9 Å². The van der Waals surface area contributed by atoms with E-state index < -0.39 is 32.7 Å². The highest BCUT2D eigenvalue weighted by molar-refractivity contribution is 7.89. The number of nitrogens with zero attached hydrogens (tertiary/aromatic N) is 1. The average molecular weight is 396 g/mol. The van der Waals surface area contributed by atoms with Gasteiger partial charge in [-0.25, -0.2) is 8.42 Å².